The van der Waals surface area contributed by atoms with Gasteiger partial charge in [-0.2, -0.15) is 0 Å². The zero-order valence-corrected chi connectivity index (χ0v) is 11.1. The molecule has 0 aromatic carbocycles. The van der Waals surface area contributed by atoms with Crippen LogP contribution in [0.2, 0.25) is 0 Å². The number of carbonyl (C=O) groups is 2. The Morgan fingerprint density at radius 1 is 1.11 bits per heavy atom. The number of hydrogen-bond acceptors (Lipinski definition) is 2. The van der Waals surface area contributed by atoms with Gasteiger partial charge in [-0.25, -0.2) is 4.39 Å². The minimum Gasteiger partial charge on any atom is -0.481 e. The molecular weight excluding hydrogens is 237 g/mol. The van der Waals surface area contributed by atoms with Crippen LogP contribution >= 0.6 is 0 Å². The normalized spacial score (nSPS) is 12.1. The van der Waals surface area contributed by atoms with Crippen LogP contribution in [-0.2, 0) is 9.59 Å². The molecule has 0 heterocycles. The first kappa shape index (κ1) is 16.9. The summed E-state index contributed by atoms with van der Waals surface area (Å²) in [6.07, 6.45) is 7.05. The van der Waals surface area contributed by atoms with Crippen molar-refractivity contribution in [3.8, 4) is 0 Å². The lowest BCUT2D eigenvalue weighted by Gasteiger charge is -2.12. The smallest absolute Gasteiger partial charge is 0.303 e. The van der Waals surface area contributed by atoms with Gasteiger partial charge in [-0.05, 0) is 19.8 Å². The third kappa shape index (κ3) is 11.4. The second-order valence-electron chi connectivity index (χ2n) is 4.66. The molecule has 106 valence electrons. The molecular formula is C13H24FNO3. The van der Waals surface area contributed by atoms with Crippen LogP contribution in [0.4, 0.5) is 4.39 Å². The molecule has 0 aliphatic carbocycles. The molecule has 0 rings (SSSR count). The highest BCUT2D eigenvalue weighted by atomic mass is 19.1. The highest BCUT2D eigenvalue weighted by molar-refractivity contribution is 5.77. The maximum absolute atomic E-state index is 11.9. The number of carboxylic acid groups (broad SMARTS) is 1. The van der Waals surface area contributed by atoms with E-state index in [9.17, 15) is 14.0 Å². The van der Waals surface area contributed by atoms with Crippen LogP contribution in [0.3, 0.4) is 0 Å². The third-order valence-corrected chi connectivity index (χ3v) is 2.81. The Balaban J connectivity index is 3.24. The van der Waals surface area contributed by atoms with E-state index in [4.69, 9.17) is 5.11 Å². The maximum Gasteiger partial charge on any atom is 0.303 e. The number of amides is 1. The predicted molar refractivity (Wildman–Crippen MR) is 68.2 cm³/mol. The number of nitrogens with one attached hydrogen (secondary N) is 1. The standard InChI is InChI=1S/C13H24FNO3/c1-11(15-12(16)10-14)8-6-4-2-3-5-7-9-13(17)18/h11H,2-10H2,1H3,(H,15,16)(H,17,18). The lowest BCUT2D eigenvalue weighted by molar-refractivity contribution is -0.137. The van der Waals surface area contributed by atoms with E-state index in [0.29, 0.717) is 0 Å². The summed E-state index contributed by atoms with van der Waals surface area (Å²) in [5.74, 6) is -1.27. The molecule has 2 N–H and O–H groups in total. The quantitative estimate of drug-likeness (QED) is 0.562. The van der Waals surface area contributed by atoms with E-state index in [1.54, 1.807) is 0 Å². The third-order valence-electron chi connectivity index (χ3n) is 2.81. The van der Waals surface area contributed by atoms with Crippen LogP contribution in [0.1, 0.15) is 58.3 Å². The molecule has 1 unspecified atom stereocenters. The highest BCUT2D eigenvalue weighted by Crippen LogP contribution is 2.09. The number of halogens is 1. The molecule has 0 aromatic rings. The highest BCUT2D eigenvalue weighted by Gasteiger charge is 2.05. The second kappa shape index (κ2) is 11.0. The molecule has 0 aliphatic rings. The van der Waals surface area contributed by atoms with Gasteiger partial charge in [0.2, 0.25) is 0 Å². The second-order valence-corrected chi connectivity index (χ2v) is 4.66. The Bertz CT molecular complexity index is 246. The number of hydrogen-bond donors (Lipinski definition) is 2. The zero-order valence-electron chi connectivity index (χ0n) is 11.1. The Morgan fingerprint density at radius 2 is 1.67 bits per heavy atom. The van der Waals surface area contributed by atoms with Gasteiger partial charge in [0.1, 0.15) is 0 Å². The van der Waals surface area contributed by atoms with E-state index in [0.717, 1.165) is 44.9 Å². The Morgan fingerprint density at radius 3 is 2.22 bits per heavy atom. The van der Waals surface area contributed by atoms with E-state index in [2.05, 4.69) is 5.32 Å². The number of rotatable bonds is 11. The number of aliphatic carboxylic acids is 1. The van der Waals surface area contributed by atoms with E-state index in [-0.39, 0.29) is 12.5 Å². The largest absolute Gasteiger partial charge is 0.481 e. The fourth-order valence-corrected chi connectivity index (χ4v) is 1.82. The summed E-state index contributed by atoms with van der Waals surface area (Å²) >= 11 is 0. The van der Waals surface area contributed by atoms with Crippen molar-refractivity contribution in [2.75, 3.05) is 6.67 Å². The lowest BCUT2D eigenvalue weighted by Crippen LogP contribution is -2.33. The summed E-state index contributed by atoms with van der Waals surface area (Å²) in [6.45, 7) is 0.925. The van der Waals surface area contributed by atoms with Crippen molar-refractivity contribution in [3.05, 3.63) is 0 Å². The molecule has 0 radical (unpaired) electrons. The maximum atomic E-state index is 11.9. The summed E-state index contributed by atoms with van der Waals surface area (Å²) in [7, 11) is 0. The lowest BCUT2D eigenvalue weighted by atomic mass is 10.1. The zero-order chi connectivity index (χ0) is 13.8. The van der Waals surface area contributed by atoms with Crippen molar-refractivity contribution in [2.24, 2.45) is 0 Å². The Hall–Kier alpha value is -1.13. The molecule has 0 aliphatic heterocycles. The van der Waals surface area contributed by atoms with Crippen LogP contribution in [-0.4, -0.2) is 29.7 Å². The molecule has 5 heteroatoms. The van der Waals surface area contributed by atoms with Gasteiger partial charge in [-0.3, -0.25) is 9.59 Å². The van der Waals surface area contributed by atoms with Crippen molar-refractivity contribution in [1.29, 1.82) is 0 Å². The van der Waals surface area contributed by atoms with Crippen molar-refractivity contribution in [2.45, 2.75) is 64.3 Å². The Kier molecular flexibility index (Phi) is 10.3. The molecule has 4 nitrogen and oxygen atoms in total. The SMILES string of the molecule is CC(CCCCCCCCC(=O)O)NC(=O)CF. The molecule has 0 aromatic heterocycles. The predicted octanol–water partition coefficient (Wildman–Crippen LogP) is 2.67. The summed E-state index contributed by atoms with van der Waals surface area (Å²) in [5, 5.41) is 11.0. The van der Waals surface area contributed by atoms with Gasteiger partial charge < -0.3 is 10.4 Å². The topological polar surface area (TPSA) is 66.4 Å². The van der Waals surface area contributed by atoms with Crippen LogP contribution in [0, 0.1) is 0 Å². The number of carbonyl (C=O) groups excluding carboxylic acids is 1. The summed E-state index contributed by atoms with van der Waals surface area (Å²) in [4.78, 5) is 21.0. The average Bonchev–Trinajstić information content (AvgIpc) is 2.31. The molecule has 1 amide bonds. The minimum absolute atomic E-state index is 0.0280. The van der Waals surface area contributed by atoms with Gasteiger partial charge in [0.05, 0.1) is 0 Å². The monoisotopic (exact) mass is 261 g/mol. The van der Waals surface area contributed by atoms with Gasteiger partial charge in [-0.1, -0.05) is 32.1 Å². The van der Waals surface area contributed by atoms with E-state index >= 15 is 0 Å². The molecule has 0 saturated heterocycles. The van der Waals surface area contributed by atoms with Gasteiger partial charge in [-0.15, -0.1) is 0 Å². The number of unbranched alkanes of at least 4 members (excludes halogenated alkanes) is 5. The molecule has 0 fully saturated rings. The molecule has 18 heavy (non-hydrogen) atoms. The van der Waals surface area contributed by atoms with Crippen molar-refractivity contribution in [3.63, 3.8) is 0 Å². The first-order chi connectivity index (χ1) is 8.56. The summed E-state index contributed by atoms with van der Waals surface area (Å²) in [6, 6.07) is 0.0280. The molecule has 1 atom stereocenters. The Labute approximate surface area is 108 Å². The molecule has 0 saturated carbocycles. The van der Waals surface area contributed by atoms with E-state index in [1.165, 1.54) is 0 Å². The van der Waals surface area contributed by atoms with Gasteiger partial charge in [0, 0.05) is 12.5 Å². The number of alkyl halides is 1. The summed E-state index contributed by atoms with van der Waals surface area (Å²) in [5.41, 5.74) is 0. The molecule has 0 bridgehead atoms. The number of carboxylic acids is 1. The van der Waals surface area contributed by atoms with Crippen LogP contribution < -0.4 is 5.32 Å². The van der Waals surface area contributed by atoms with Crippen LogP contribution in [0.5, 0.6) is 0 Å². The first-order valence-electron chi connectivity index (χ1n) is 6.63. The van der Waals surface area contributed by atoms with E-state index < -0.39 is 18.6 Å². The van der Waals surface area contributed by atoms with Crippen LogP contribution in [0.15, 0.2) is 0 Å². The average molecular weight is 261 g/mol. The van der Waals surface area contributed by atoms with Gasteiger partial charge in [0.25, 0.3) is 5.91 Å². The minimum atomic E-state index is -0.950. The van der Waals surface area contributed by atoms with Crippen molar-refractivity contribution < 1.29 is 19.1 Å². The van der Waals surface area contributed by atoms with Crippen LogP contribution in [0.25, 0.3) is 0 Å². The van der Waals surface area contributed by atoms with Crippen molar-refractivity contribution >= 4 is 11.9 Å². The van der Waals surface area contributed by atoms with Crippen molar-refractivity contribution in [1.82, 2.24) is 5.32 Å². The fraction of sp³-hybridized carbons (Fsp3) is 0.846. The van der Waals surface area contributed by atoms with Gasteiger partial charge in [0.15, 0.2) is 6.67 Å². The molecule has 0 spiro atoms. The van der Waals surface area contributed by atoms with Gasteiger partial charge >= 0.3 is 5.97 Å². The summed E-state index contributed by atoms with van der Waals surface area (Å²) < 4.78 is 11.9. The van der Waals surface area contributed by atoms with E-state index in [1.807, 2.05) is 6.92 Å². The fourth-order valence-electron chi connectivity index (χ4n) is 1.82. The first-order valence-corrected chi connectivity index (χ1v) is 6.63.